The highest BCUT2D eigenvalue weighted by Gasteiger charge is 2.51. The zero-order chi connectivity index (χ0) is 18.4. The summed E-state index contributed by atoms with van der Waals surface area (Å²) in [6.45, 7) is 1.37. The monoisotopic (exact) mass is 347 g/mol. The van der Waals surface area contributed by atoms with Crippen molar-refractivity contribution in [3.05, 3.63) is 69.6 Å². The van der Waals surface area contributed by atoms with Crippen LogP contribution < -0.4 is 10.9 Å². The first kappa shape index (κ1) is 16.8. The number of aromatic nitrogens is 1. The lowest BCUT2D eigenvalue weighted by Gasteiger charge is -2.28. The summed E-state index contributed by atoms with van der Waals surface area (Å²) in [5, 5.41) is 2.51. The molecule has 1 aromatic carbocycles. The lowest BCUT2D eigenvalue weighted by atomic mass is 9.89. The number of carbonyl (C=O) groups is 2. The third kappa shape index (κ3) is 2.59. The number of pyridine rings is 1. The summed E-state index contributed by atoms with van der Waals surface area (Å²) in [6.07, 6.45) is 1.47. The maximum Gasteiger partial charge on any atom is 0.325 e. The normalized spacial score (nSPS) is 20.1. The van der Waals surface area contributed by atoms with Crippen LogP contribution in [0.2, 0.25) is 0 Å². The van der Waals surface area contributed by atoms with E-state index < -0.39 is 29.1 Å². The summed E-state index contributed by atoms with van der Waals surface area (Å²) in [6, 6.07) is 5.51. The molecular weight excluding hydrogens is 332 g/mol. The van der Waals surface area contributed by atoms with E-state index in [1.807, 2.05) is 0 Å². The smallest absolute Gasteiger partial charge is 0.318 e. The summed E-state index contributed by atoms with van der Waals surface area (Å²) >= 11 is 0. The molecular formula is C17H15F2N3O3. The van der Waals surface area contributed by atoms with Crippen molar-refractivity contribution >= 4 is 11.9 Å². The zero-order valence-corrected chi connectivity index (χ0v) is 13.5. The van der Waals surface area contributed by atoms with E-state index in [1.165, 1.54) is 23.9 Å². The standard InChI is InChI=1S/C17H15F2N3O3/c1-10-4-3-7-22(14(10)23)9-17(15(24)21(2)16(25)20-17)11-5-6-12(18)13(19)8-11/h3-8H,9H2,1-2H3,(H,20,25). The van der Waals surface area contributed by atoms with Gasteiger partial charge in [-0.25, -0.2) is 13.6 Å². The van der Waals surface area contributed by atoms with E-state index in [-0.39, 0.29) is 17.7 Å². The van der Waals surface area contributed by atoms with Crippen LogP contribution in [0.5, 0.6) is 0 Å². The molecule has 130 valence electrons. The van der Waals surface area contributed by atoms with Crippen LogP contribution in [0.3, 0.4) is 0 Å². The molecule has 0 radical (unpaired) electrons. The van der Waals surface area contributed by atoms with Crippen LogP contribution in [0.4, 0.5) is 13.6 Å². The molecule has 0 bridgehead atoms. The van der Waals surface area contributed by atoms with E-state index in [0.29, 0.717) is 5.56 Å². The predicted molar refractivity (Wildman–Crippen MR) is 84.8 cm³/mol. The maximum absolute atomic E-state index is 13.7. The number of halogens is 2. The molecule has 0 spiro atoms. The van der Waals surface area contributed by atoms with E-state index in [1.54, 1.807) is 19.1 Å². The highest BCUT2D eigenvalue weighted by Crippen LogP contribution is 2.31. The summed E-state index contributed by atoms with van der Waals surface area (Å²) in [5.41, 5.74) is -1.53. The van der Waals surface area contributed by atoms with Crippen LogP contribution in [-0.2, 0) is 16.9 Å². The Kier molecular flexibility index (Phi) is 3.90. The van der Waals surface area contributed by atoms with Crippen molar-refractivity contribution in [2.24, 2.45) is 0 Å². The molecule has 2 aromatic rings. The van der Waals surface area contributed by atoms with E-state index in [9.17, 15) is 23.2 Å². The van der Waals surface area contributed by atoms with Crippen LogP contribution in [0.15, 0.2) is 41.3 Å². The fourth-order valence-electron chi connectivity index (χ4n) is 2.89. The Morgan fingerprint density at radius 1 is 1.12 bits per heavy atom. The van der Waals surface area contributed by atoms with Gasteiger partial charge in [0.1, 0.15) is 0 Å². The van der Waals surface area contributed by atoms with Gasteiger partial charge in [-0.2, -0.15) is 0 Å². The number of hydrogen-bond donors (Lipinski definition) is 1. The van der Waals surface area contributed by atoms with Gasteiger partial charge >= 0.3 is 6.03 Å². The molecule has 1 atom stereocenters. The first-order chi connectivity index (χ1) is 11.8. The number of likely N-dealkylation sites (N-methyl/N-ethyl adjacent to an activating group) is 1. The van der Waals surface area contributed by atoms with Crippen molar-refractivity contribution in [2.75, 3.05) is 7.05 Å². The van der Waals surface area contributed by atoms with Crippen LogP contribution in [-0.4, -0.2) is 28.5 Å². The van der Waals surface area contributed by atoms with Gasteiger partial charge < -0.3 is 9.88 Å². The third-order valence-electron chi connectivity index (χ3n) is 4.33. The number of nitrogens with one attached hydrogen (secondary N) is 1. The van der Waals surface area contributed by atoms with Gasteiger partial charge in [-0.3, -0.25) is 14.5 Å². The molecule has 1 unspecified atom stereocenters. The van der Waals surface area contributed by atoms with Gasteiger partial charge in [0.15, 0.2) is 17.2 Å². The fourth-order valence-corrected chi connectivity index (χ4v) is 2.89. The Morgan fingerprint density at radius 2 is 1.84 bits per heavy atom. The second kappa shape index (κ2) is 5.80. The Morgan fingerprint density at radius 3 is 2.44 bits per heavy atom. The summed E-state index contributed by atoms with van der Waals surface area (Å²) in [5.74, 6) is -2.88. The minimum atomic E-state index is -1.70. The molecule has 1 aliphatic rings. The van der Waals surface area contributed by atoms with Gasteiger partial charge in [0.05, 0.1) is 6.54 Å². The van der Waals surface area contributed by atoms with Gasteiger partial charge in [0.2, 0.25) is 0 Å². The number of carbonyl (C=O) groups excluding carboxylic acids is 2. The van der Waals surface area contributed by atoms with Crippen LogP contribution >= 0.6 is 0 Å². The molecule has 8 heteroatoms. The van der Waals surface area contributed by atoms with Crippen molar-refractivity contribution in [3.63, 3.8) is 0 Å². The molecule has 25 heavy (non-hydrogen) atoms. The number of amides is 3. The molecule has 2 heterocycles. The van der Waals surface area contributed by atoms with Crippen LogP contribution in [0, 0.1) is 18.6 Å². The first-order valence-electron chi connectivity index (χ1n) is 7.48. The second-order valence-corrected chi connectivity index (χ2v) is 5.95. The zero-order valence-electron chi connectivity index (χ0n) is 13.5. The quantitative estimate of drug-likeness (QED) is 0.856. The number of aryl methyl sites for hydroxylation is 1. The van der Waals surface area contributed by atoms with Gasteiger partial charge in [0.25, 0.3) is 11.5 Å². The van der Waals surface area contributed by atoms with Crippen LogP contribution in [0.1, 0.15) is 11.1 Å². The Bertz CT molecular complexity index is 941. The molecule has 1 aromatic heterocycles. The molecule has 0 aliphatic carbocycles. The van der Waals surface area contributed by atoms with Crippen molar-refractivity contribution in [1.82, 2.24) is 14.8 Å². The predicted octanol–water partition coefficient (Wildman–Crippen LogP) is 1.51. The van der Waals surface area contributed by atoms with Crippen LogP contribution in [0.25, 0.3) is 0 Å². The van der Waals surface area contributed by atoms with Crippen molar-refractivity contribution < 1.29 is 18.4 Å². The van der Waals surface area contributed by atoms with E-state index in [2.05, 4.69) is 5.32 Å². The van der Waals surface area contributed by atoms with Gasteiger partial charge in [-0.05, 0) is 30.7 Å². The molecule has 1 N–H and O–H groups in total. The third-order valence-corrected chi connectivity index (χ3v) is 4.33. The minimum absolute atomic E-state index is 0.0579. The number of urea groups is 1. The average Bonchev–Trinajstić information content (AvgIpc) is 2.79. The van der Waals surface area contributed by atoms with Crippen molar-refractivity contribution in [3.8, 4) is 0 Å². The molecule has 1 aliphatic heterocycles. The topological polar surface area (TPSA) is 71.4 Å². The Balaban J connectivity index is 2.18. The van der Waals surface area contributed by atoms with E-state index >= 15 is 0 Å². The summed E-state index contributed by atoms with van der Waals surface area (Å²) in [7, 11) is 1.28. The molecule has 1 saturated heterocycles. The first-order valence-corrected chi connectivity index (χ1v) is 7.48. The lowest BCUT2D eigenvalue weighted by molar-refractivity contribution is -0.131. The largest absolute Gasteiger partial charge is 0.325 e. The maximum atomic E-state index is 13.7. The second-order valence-electron chi connectivity index (χ2n) is 5.95. The number of imide groups is 1. The fraction of sp³-hybridized carbons (Fsp3) is 0.235. The Hall–Kier alpha value is -3.03. The molecule has 6 nitrogen and oxygen atoms in total. The number of hydrogen-bond acceptors (Lipinski definition) is 3. The Labute approximate surface area is 141 Å². The van der Waals surface area contributed by atoms with Crippen molar-refractivity contribution in [2.45, 2.75) is 19.0 Å². The molecule has 3 amide bonds. The average molecular weight is 347 g/mol. The van der Waals surface area contributed by atoms with Gasteiger partial charge in [0, 0.05) is 18.8 Å². The minimum Gasteiger partial charge on any atom is -0.318 e. The number of benzene rings is 1. The summed E-state index contributed by atoms with van der Waals surface area (Å²) < 4.78 is 28.3. The van der Waals surface area contributed by atoms with Crippen molar-refractivity contribution in [1.29, 1.82) is 0 Å². The molecule has 0 saturated carbocycles. The lowest BCUT2D eigenvalue weighted by Crippen LogP contribution is -2.49. The van der Waals surface area contributed by atoms with Gasteiger partial charge in [-0.1, -0.05) is 12.1 Å². The SMILES string of the molecule is Cc1cccn(CC2(c3ccc(F)c(F)c3)NC(=O)N(C)C2=O)c1=O. The van der Waals surface area contributed by atoms with E-state index in [0.717, 1.165) is 17.0 Å². The van der Waals surface area contributed by atoms with E-state index in [4.69, 9.17) is 0 Å². The van der Waals surface area contributed by atoms with Gasteiger partial charge in [-0.15, -0.1) is 0 Å². The highest BCUT2D eigenvalue weighted by molar-refractivity contribution is 6.07. The number of rotatable bonds is 3. The molecule has 1 fully saturated rings. The number of nitrogens with zero attached hydrogens (tertiary/aromatic N) is 2. The highest BCUT2D eigenvalue weighted by atomic mass is 19.2. The summed E-state index contributed by atoms with van der Waals surface area (Å²) in [4.78, 5) is 37.9. The molecule has 3 rings (SSSR count).